The number of benzene rings is 4. The maximum atomic E-state index is 12.4. The van der Waals surface area contributed by atoms with E-state index in [2.05, 4.69) is 6.07 Å². The van der Waals surface area contributed by atoms with Crippen molar-refractivity contribution in [3.63, 3.8) is 0 Å². The van der Waals surface area contributed by atoms with Gasteiger partial charge >= 0.3 is 5.97 Å². The van der Waals surface area contributed by atoms with Gasteiger partial charge in [0.2, 0.25) is 5.88 Å². The Bertz CT molecular complexity index is 1610. The van der Waals surface area contributed by atoms with E-state index in [0.717, 1.165) is 22.3 Å². The van der Waals surface area contributed by atoms with E-state index in [-0.39, 0.29) is 11.6 Å². The van der Waals surface area contributed by atoms with Gasteiger partial charge in [-0.3, -0.25) is 0 Å². The molecule has 2 N–H and O–H groups in total. The maximum absolute atomic E-state index is 12.4. The van der Waals surface area contributed by atoms with Gasteiger partial charge in [0.1, 0.15) is 35.5 Å². The molecule has 4 aromatic rings. The van der Waals surface area contributed by atoms with Gasteiger partial charge in [0.05, 0.1) is 5.92 Å². The summed E-state index contributed by atoms with van der Waals surface area (Å²) in [5.41, 5.74) is 9.84. The lowest BCUT2D eigenvalue weighted by atomic mass is 9.83. The van der Waals surface area contributed by atoms with Crippen molar-refractivity contribution >= 4 is 23.6 Å². The van der Waals surface area contributed by atoms with Gasteiger partial charge in [-0.25, -0.2) is 4.79 Å². The zero-order valence-electron chi connectivity index (χ0n) is 20.7. The Morgan fingerprint density at radius 2 is 1.77 bits per heavy atom. The van der Waals surface area contributed by atoms with Crippen LogP contribution in [0.2, 0.25) is 5.02 Å². The molecule has 0 fully saturated rings. The van der Waals surface area contributed by atoms with Crippen LogP contribution < -0.4 is 19.9 Å². The highest BCUT2D eigenvalue weighted by molar-refractivity contribution is 6.30. The van der Waals surface area contributed by atoms with E-state index in [1.165, 1.54) is 6.08 Å². The highest BCUT2D eigenvalue weighted by atomic mass is 35.5. The number of carbonyl (C=O) groups is 1. The number of fused-ring (bicyclic) bond motifs is 1. The van der Waals surface area contributed by atoms with Crippen LogP contribution >= 0.6 is 11.6 Å². The zero-order valence-corrected chi connectivity index (χ0v) is 21.5. The molecule has 1 heterocycles. The molecule has 1 aliphatic heterocycles. The fourth-order valence-electron chi connectivity index (χ4n) is 4.26. The summed E-state index contributed by atoms with van der Waals surface area (Å²) in [4.78, 5) is 12.4. The normalized spacial score (nSPS) is 14.3. The topological polar surface area (TPSA) is 94.6 Å². The molecule has 6 nitrogen and oxygen atoms in total. The molecule has 4 aromatic carbocycles. The van der Waals surface area contributed by atoms with E-state index in [0.29, 0.717) is 28.7 Å². The molecule has 0 amide bonds. The van der Waals surface area contributed by atoms with Crippen LogP contribution in [0.5, 0.6) is 17.2 Å². The molecule has 0 aliphatic carbocycles. The molecule has 0 bridgehead atoms. The monoisotopic (exact) mass is 534 g/mol. The van der Waals surface area contributed by atoms with Crippen molar-refractivity contribution in [1.29, 1.82) is 5.26 Å². The molecule has 0 saturated carbocycles. The summed E-state index contributed by atoms with van der Waals surface area (Å²) in [5, 5.41) is 10.5. The first-order valence-electron chi connectivity index (χ1n) is 12.1. The summed E-state index contributed by atoms with van der Waals surface area (Å²) >= 11 is 5.90. The third-order valence-corrected chi connectivity index (χ3v) is 6.38. The number of nitrogens with two attached hydrogens (primary N) is 1. The van der Waals surface area contributed by atoms with Crippen LogP contribution in [0, 0.1) is 11.3 Å². The van der Waals surface area contributed by atoms with Gasteiger partial charge in [-0.05, 0) is 53.1 Å². The van der Waals surface area contributed by atoms with E-state index in [4.69, 9.17) is 31.5 Å². The lowest BCUT2D eigenvalue weighted by Gasteiger charge is -2.27. The van der Waals surface area contributed by atoms with Crippen molar-refractivity contribution in [3.8, 4) is 23.3 Å². The summed E-state index contributed by atoms with van der Waals surface area (Å²) in [7, 11) is 0. The summed E-state index contributed by atoms with van der Waals surface area (Å²) in [6.07, 6.45) is 2.96. The van der Waals surface area contributed by atoms with Crippen molar-refractivity contribution in [2.24, 2.45) is 5.73 Å². The number of ether oxygens (including phenoxy) is 3. The number of hydrogen-bond donors (Lipinski definition) is 1. The van der Waals surface area contributed by atoms with Crippen molar-refractivity contribution < 1.29 is 19.0 Å². The Morgan fingerprint density at radius 3 is 2.54 bits per heavy atom. The summed E-state index contributed by atoms with van der Waals surface area (Å²) in [5.74, 6) is 0.316. The van der Waals surface area contributed by atoms with Gasteiger partial charge in [-0.15, -0.1) is 0 Å². The first-order valence-corrected chi connectivity index (χ1v) is 12.5. The first-order chi connectivity index (χ1) is 19.0. The van der Waals surface area contributed by atoms with E-state index >= 15 is 0 Å². The molecule has 1 atom stereocenters. The van der Waals surface area contributed by atoms with Crippen LogP contribution in [0.3, 0.4) is 0 Å². The largest absolute Gasteiger partial charge is 0.489 e. The summed E-state index contributed by atoms with van der Waals surface area (Å²) in [6.45, 7) is 0.416. The van der Waals surface area contributed by atoms with Gasteiger partial charge in [0, 0.05) is 22.7 Å². The number of hydrogen-bond acceptors (Lipinski definition) is 6. The molecule has 0 radical (unpaired) electrons. The van der Waals surface area contributed by atoms with Crippen LogP contribution in [-0.2, 0) is 11.4 Å². The van der Waals surface area contributed by atoms with E-state index in [1.54, 1.807) is 48.5 Å². The Balaban J connectivity index is 1.37. The number of allylic oxidation sites excluding steroid dienone is 1. The second-order valence-corrected chi connectivity index (χ2v) is 9.21. The lowest BCUT2D eigenvalue weighted by Crippen LogP contribution is -2.21. The Kier molecular flexibility index (Phi) is 7.63. The minimum atomic E-state index is -0.554. The number of nitriles is 1. The summed E-state index contributed by atoms with van der Waals surface area (Å²) < 4.78 is 17.2. The quantitative estimate of drug-likeness (QED) is 0.160. The Labute approximate surface area is 231 Å². The van der Waals surface area contributed by atoms with E-state index < -0.39 is 11.9 Å². The molecule has 0 spiro atoms. The minimum Gasteiger partial charge on any atom is -0.489 e. The maximum Gasteiger partial charge on any atom is 0.336 e. The summed E-state index contributed by atoms with van der Waals surface area (Å²) in [6, 6.07) is 31.7. The molecule has 0 saturated heterocycles. The molecule has 192 valence electrons. The standard InChI is InChI=1S/C32H23ClN2O4/c33-24-12-9-21(10-13-24)11-16-30(36)38-26-14-15-27-29(18-26)39-32(35)28(19-34)31(27)23-7-4-8-25(17-23)37-20-22-5-2-1-3-6-22/h1-18,31H,20,35H2/b16-11+. The minimum absolute atomic E-state index is 0.00304. The number of esters is 1. The van der Waals surface area contributed by atoms with Crippen molar-refractivity contribution in [2.75, 3.05) is 0 Å². The van der Waals surface area contributed by atoms with Gasteiger partial charge in [-0.2, -0.15) is 5.26 Å². The molecular formula is C32H23ClN2O4. The van der Waals surface area contributed by atoms with E-state index in [1.807, 2.05) is 54.6 Å². The third-order valence-electron chi connectivity index (χ3n) is 6.13. The van der Waals surface area contributed by atoms with Gasteiger partial charge in [0.25, 0.3) is 0 Å². The van der Waals surface area contributed by atoms with Crippen molar-refractivity contribution in [3.05, 3.63) is 142 Å². The van der Waals surface area contributed by atoms with Gasteiger partial charge < -0.3 is 19.9 Å². The molecular weight excluding hydrogens is 512 g/mol. The smallest absolute Gasteiger partial charge is 0.336 e. The highest BCUT2D eigenvalue weighted by Gasteiger charge is 2.31. The zero-order chi connectivity index (χ0) is 27.2. The Morgan fingerprint density at radius 1 is 0.974 bits per heavy atom. The van der Waals surface area contributed by atoms with Crippen LogP contribution in [0.4, 0.5) is 0 Å². The van der Waals surface area contributed by atoms with Crippen LogP contribution in [0.1, 0.15) is 28.2 Å². The molecule has 39 heavy (non-hydrogen) atoms. The van der Waals surface area contributed by atoms with Gasteiger partial charge in [-0.1, -0.05) is 72.3 Å². The lowest BCUT2D eigenvalue weighted by molar-refractivity contribution is -0.128. The predicted molar refractivity (Wildman–Crippen MR) is 149 cm³/mol. The number of halogens is 1. The fraction of sp³-hybridized carbons (Fsp3) is 0.0625. The average molecular weight is 535 g/mol. The van der Waals surface area contributed by atoms with E-state index in [9.17, 15) is 10.1 Å². The predicted octanol–water partition coefficient (Wildman–Crippen LogP) is 6.76. The van der Waals surface area contributed by atoms with Gasteiger partial charge in [0.15, 0.2) is 0 Å². The molecule has 1 unspecified atom stereocenters. The SMILES string of the molecule is N#CC1=C(N)Oc2cc(OC(=O)/C=C/c3ccc(Cl)cc3)ccc2C1c1cccc(OCc2ccccc2)c1. The molecule has 7 heteroatoms. The van der Waals surface area contributed by atoms with Crippen LogP contribution in [0.15, 0.2) is 115 Å². The number of rotatable bonds is 7. The second-order valence-electron chi connectivity index (χ2n) is 8.78. The molecule has 5 rings (SSSR count). The van der Waals surface area contributed by atoms with Crippen molar-refractivity contribution in [1.82, 2.24) is 0 Å². The fourth-order valence-corrected chi connectivity index (χ4v) is 4.38. The average Bonchev–Trinajstić information content (AvgIpc) is 2.95. The van der Waals surface area contributed by atoms with Crippen molar-refractivity contribution in [2.45, 2.75) is 12.5 Å². The first kappa shape index (κ1) is 25.7. The number of nitrogens with zero attached hydrogens (tertiary/aromatic N) is 1. The Hall–Kier alpha value is -4.99. The number of carbonyl (C=O) groups excluding carboxylic acids is 1. The molecule has 0 aromatic heterocycles. The van der Waals surface area contributed by atoms with Crippen LogP contribution in [-0.4, -0.2) is 5.97 Å². The van der Waals surface area contributed by atoms with Crippen LogP contribution in [0.25, 0.3) is 6.08 Å². The third kappa shape index (κ3) is 6.12. The molecule has 1 aliphatic rings. The second kappa shape index (κ2) is 11.6. The highest BCUT2D eigenvalue weighted by Crippen LogP contribution is 2.44.